The van der Waals surface area contributed by atoms with Crippen molar-refractivity contribution >= 4 is 17.4 Å². The van der Waals surface area contributed by atoms with Gasteiger partial charge in [0, 0.05) is 30.7 Å². The first-order valence-electron chi connectivity index (χ1n) is 5.89. The minimum atomic E-state index is -0.428. The quantitative estimate of drug-likeness (QED) is 0.326. The molecule has 1 aromatic rings. The summed E-state index contributed by atoms with van der Waals surface area (Å²) in [5.41, 5.74) is 0.879. The standard InChI is InChI=1S/C13H18N2O3S/c1-3-7-19-8-6-14-10-11-4-5-13(18-2)12(9-11)15(16)17/h3-5,9,14H,1,6-8,10H2,2H3. The normalized spacial score (nSPS) is 10.2. The minimum Gasteiger partial charge on any atom is -0.490 e. The van der Waals surface area contributed by atoms with E-state index in [0.29, 0.717) is 6.54 Å². The molecule has 0 fully saturated rings. The Morgan fingerprint density at radius 3 is 3.00 bits per heavy atom. The summed E-state index contributed by atoms with van der Waals surface area (Å²) >= 11 is 1.79. The molecule has 0 radical (unpaired) electrons. The van der Waals surface area contributed by atoms with Gasteiger partial charge in [-0.05, 0) is 11.6 Å². The van der Waals surface area contributed by atoms with Gasteiger partial charge in [0.1, 0.15) is 0 Å². The number of nitrogens with one attached hydrogen (secondary N) is 1. The molecule has 0 unspecified atom stereocenters. The number of ether oxygens (including phenoxy) is 1. The van der Waals surface area contributed by atoms with Crippen molar-refractivity contribution in [2.75, 3.05) is 25.2 Å². The lowest BCUT2D eigenvalue weighted by Gasteiger charge is -2.06. The van der Waals surface area contributed by atoms with Gasteiger partial charge in [0.05, 0.1) is 12.0 Å². The third-order valence-electron chi connectivity index (χ3n) is 2.43. The second-order valence-electron chi connectivity index (χ2n) is 3.80. The summed E-state index contributed by atoms with van der Waals surface area (Å²) in [5.74, 6) is 2.22. The zero-order chi connectivity index (χ0) is 14.1. The number of hydrogen-bond acceptors (Lipinski definition) is 5. The van der Waals surface area contributed by atoms with Crippen LogP contribution in [0.5, 0.6) is 5.75 Å². The maximum atomic E-state index is 10.9. The van der Waals surface area contributed by atoms with Crippen molar-refractivity contribution in [1.82, 2.24) is 5.32 Å². The van der Waals surface area contributed by atoms with E-state index in [4.69, 9.17) is 4.74 Å². The van der Waals surface area contributed by atoms with Crippen LogP contribution in [0.2, 0.25) is 0 Å². The van der Waals surface area contributed by atoms with Gasteiger partial charge in [-0.3, -0.25) is 10.1 Å². The van der Waals surface area contributed by atoms with Gasteiger partial charge in [0.15, 0.2) is 5.75 Å². The first-order valence-corrected chi connectivity index (χ1v) is 7.05. The molecule has 0 aliphatic rings. The highest BCUT2D eigenvalue weighted by molar-refractivity contribution is 7.99. The molecule has 0 saturated heterocycles. The van der Waals surface area contributed by atoms with Crippen molar-refractivity contribution in [2.24, 2.45) is 0 Å². The Bertz CT molecular complexity index is 438. The van der Waals surface area contributed by atoms with Gasteiger partial charge in [0.2, 0.25) is 0 Å². The zero-order valence-corrected chi connectivity index (χ0v) is 11.7. The lowest BCUT2D eigenvalue weighted by Crippen LogP contribution is -2.16. The van der Waals surface area contributed by atoms with Crippen molar-refractivity contribution in [3.05, 3.63) is 46.5 Å². The molecule has 1 N–H and O–H groups in total. The molecule has 0 spiro atoms. The number of benzene rings is 1. The fraction of sp³-hybridized carbons (Fsp3) is 0.385. The second-order valence-corrected chi connectivity index (χ2v) is 4.95. The maximum Gasteiger partial charge on any atom is 0.311 e. The molecular formula is C13H18N2O3S. The summed E-state index contributed by atoms with van der Waals surface area (Å²) in [7, 11) is 1.43. The largest absolute Gasteiger partial charge is 0.490 e. The summed E-state index contributed by atoms with van der Waals surface area (Å²) in [5, 5.41) is 14.1. The Kier molecular flexibility index (Phi) is 6.99. The Morgan fingerprint density at radius 2 is 2.37 bits per heavy atom. The summed E-state index contributed by atoms with van der Waals surface area (Å²) < 4.78 is 4.96. The van der Waals surface area contributed by atoms with Crippen LogP contribution in [0, 0.1) is 10.1 Å². The molecule has 104 valence electrons. The van der Waals surface area contributed by atoms with Crippen LogP contribution in [0.1, 0.15) is 5.56 Å². The van der Waals surface area contributed by atoms with Crippen LogP contribution in [0.3, 0.4) is 0 Å². The smallest absolute Gasteiger partial charge is 0.311 e. The number of thioether (sulfide) groups is 1. The highest BCUT2D eigenvalue weighted by atomic mass is 32.2. The Labute approximate surface area is 117 Å². The van der Waals surface area contributed by atoms with E-state index in [-0.39, 0.29) is 11.4 Å². The molecule has 0 saturated carbocycles. The lowest BCUT2D eigenvalue weighted by atomic mass is 10.2. The molecule has 0 aromatic heterocycles. The topological polar surface area (TPSA) is 64.4 Å². The third kappa shape index (κ3) is 5.32. The molecule has 6 heteroatoms. The monoisotopic (exact) mass is 282 g/mol. The molecule has 0 amide bonds. The van der Waals surface area contributed by atoms with Crippen LogP contribution in [-0.4, -0.2) is 30.1 Å². The Hall–Kier alpha value is -1.53. The van der Waals surface area contributed by atoms with E-state index in [1.54, 1.807) is 23.9 Å². The van der Waals surface area contributed by atoms with E-state index < -0.39 is 4.92 Å². The maximum absolute atomic E-state index is 10.9. The van der Waals surface area contributed by atoms with Gasteiger partial charge in [0.25, 0.3) is 0 Å². The van der Waals surface area contributed by atoms with Gasteiger partial charge in [-0.1, -0.05) is 12.1 Å². The van der Waals surface area contributed by atoms with Gasteiger partial charge in [-0.2, -0.15) is 11.8 Å². The fourth-order valence-electron chi connectivity index (χ4n) is 1.53. The van der Waals surface area contributed by atoms with Crippen LogP contribution < -0.4 is 10.1 Å². The van der Waals surface area contributed by atoms with E-state index in [0.717, 1.165) is 23.6 Å². The molecule has 0 atom stereocenters. The summed E-state index contributed by atoms with van der Waals surface area (Å²) in [6.07, 6.45) is 1.87. The van der Waals surface area contributed by atoms with Crippen LogP contribution in [-0.2, 0) is 6.54 Å². The van der Waals surface area contributed by atoms with Crippen molar-refractivity contribution < 1.29 is 9.66 Å². The van der Waals surface area contributed by atoms with Gasteiger partial charge >= 0.3 is 5.69 Å². The fourth-order valence-corrected chi connectivity index (χ4v) is 2.15. The number of nitro benzene ring substituents is 1. The van der Waals surface area contributed by atoms with Gasteiger partial charge < -0.3 is 10.1 Å². The zero-order valence-electron chi connectivity index (χ0n) is 10.9. The van der Waals surface area contributed by atoms with E-state index in [9.17, 15) is 10.1 Å². The molecule has 0 aliphatic carbocycles. The molecule has 1 rings (SSSR count). The highest BCUT2D eigenvalue weighted by Crippen LogP contribution is 2.27. The molecule has 5 nitrogen and oxygen atoms in total. The SMILES string of the molecule is C=CCSCCNCc1ccc(OC)c([N+](=O)[O-])c1. The Balaban J connectivity index is 2.48. The van der Waals surface area contributed by atoms with E-state index in [1.807, 2.05) is 12.1 Å². The average molecular weight is 282 g/mol. The molecule has 0 bridgehead atoms. The second kappa shape index (κ2) is 8.55. The Morgan fingerprint density at radius 1 is 1.58 bits per heavy atom. The molecule has 0 heterocycles. The molecule has 0 aliphatic heterocycles. The highest BCUT2D eigenvalue weighted by Gasteiger charge is 2.14. The summed E-state index contributed by atoms with van der Waals surface area (Å²) in [4.78, 5) is 10.4. The number of rotatable bonds is 9. The minimum absolute atomic E-state index is 0.00262. The van der Waals surface area contributed by atoms with Gasteiger partial charge in [-0.15, -0.1) is 6.58 Å². The molecule has 1 aromatic carbocycles. The average Bonchev–Trinajstić information content (AvgIpc) is 2.42. The van der Waals surface area contributed by atoms with Crippen molar-refractivity contribution in [3.63, 3.8) is 0 Å². The lowest BCUT2D eigenvalue weighted by molar-refractivity contribution is -0.385. The first kappa shape index (κ1) is 15.5. The van der Waals surface area contributed by atoms with Crippen LogP contribution in [0.4, 0.5) is 5.69 Å². The summed E-state index contributed by atoms with van der Waals surface area (Å²) in [6.45, 7) is 5.12. The third-order valence-corrected chi connectivity index (χ3v) is 3.39. The van der Waals surface area contributed by atoms with E-state index in [2.05, 4.69) is 11.9 Å². The van der Waals surface area contributed by atoms with Gasteiger partial charge in [-0.25, -0.2) is 0 Å². The van der Waals surface area contributed by atoms with E-state index >= 15 is 0 Å². The predicted octanol–water partition coefficient (Wildman–Crippen LogP) is 2.61. The first-order chi connectivity index (χ1) is 9.19. The van der Waals surface area contributed by atoms with Crippen LogP contribution in [0.25, 0.3) is 0 Å². The number of nitrogens with zero attached hydrogens (tertiary/aromatic N) is 1. The van der Waals surface area contributed by atoms with Crippen LogP contribution in [0.15, 0.2) is 30.9 Å². The van der Waals surface area contributed by atoms with Crippen LogP contribution >= 0.6 is 11.8 Å². The number of nitro groups is 1. The van der Waals surface area contributed by atoms with E-state index in [1.165, 1.54) is 7.11 Å². The number of methoxy groups -OCH3 is 1. The number of hydrogen-bond donors (Lipinski definition) is 1. The van der Waals surface area contributed by atoms with Crippen molar-refractivity contribution in [2.45, 2.75) is 6.54 Å². The van der Waals surface area contributed by atoms with Crippen molar-refractivity contribution in [3.8, 4) is 5.75 Å². The summed E-state index contributed by atoms with van der Waals surface area (Å²) in [6, 6.07) is 5.00. The predicted molar refractivity (Wildman–Crippen MR) is 78.9 cm³/mol. The van der Waals surface area contributed by atoms with Crippen molar-refractivity contribution in [1.29, 1.82) is 0 Å². The molecular weight excluding hydrogens is 264 g/mol. The molecule has 19 heavy (non-hydrogen) atoms.